The summed E-state index contributed by atoms with van der Waals surface area (Å²) >= 11 is 0. The average molecular weight is 262 g/mol. The van der Waals surface area contributed by atoms with Crippen LogP contribution in [0.25, 0.3) is 11.2 Å². The predicted molar refractivity (Wildman–Crippen MR) is 51.1 cm³/mol. The van der Waals surface area contributed by atoms with Crippen LogP contribution in [0, 0.1) is 0 Å². The molecular formula is C8H7KN4O4. The van der Waals surface area contributed by atoms with Crippen molar-refractivity contribution in [3.05, 3.63) is 26.7 Å². The average Bonchev–Trinajstić information content (AvgIpc) is 2.60. The number of aromatic nitrogens is 4. The second-order valence-electron chi connectivity index (χ2n) is 3.10. The maximum Gasteiger partial charge on any atom is 1.00 e. The summed E-state index contributed by atoms with van der Waals surface area (Å²) in [4.78, 5) is 42.1. The quantitative estimate of drug-likeness (QED) is 0.499. The van der Waals surface area contributed by atoms with Crippen molar-refractivity contribution in [2.24, 2.45) is 0 Å². The molecule has 9 heteroatoms. The smallest absolute Gasteiger partial charge is 0.529 e. The number of hydrogen-bond donors (Lipinski definition) is 2. The van der Waals surface area contributed by atoms with E-state index in [1.807, 2.05) is 0 Å². The van der Waals surface area contributed by atoms with Crippen LogP contribution in [0.5, 0.6) is 0 Å². The Balaban J connectivity index is 0.00000144. The van der Waals surface area contributed by atoms with Crippen molar-refractivity contribution in [2.45, 2.75) is 13.3 Å². The molecule has 17 heavy (non-hydrogen) atoms. The van der Waals surface area contributed by atoms with Crippen LogP contribution in [0.3, 0.4) is 0 Å². The van der Waals surface area contributed by atoms with Gasteiger partial charge >= 0.3 is 57.1 Å². The van der Waals surface area contributed by atoms with E-state index >= 15 is 0 Å². The van der Waals surface area contributed by atoms with E-state index in [-0.39, 0.29) is 67.1 Å². The molecule has 0 amide bonds. The van der Waals surface area contributed by atoms with Crippen LogP contribution in [0.15, 0.2) is 9.59 Å². The van der Waals surface area contributed by atoms with Crippen LogP contribution >= 0.6 is 0 Å². The normalized spacial score (nSPS) is 10.2. The number of aromatic amines is 2. The number of carbonyl (C=O) groups excluding carboxylic acids is 1. The van der Waals surface area contributed by atoms with Crippen molar-refractivity contribution in [2.75, 3.05) is 0 Å². The summed E-state index contributed by atoms with van der Waals surface area (Å²) in [7, 11) is 0. The third kappa shape index (κ3) is 2.42. The molecule has 2 rings (SSSR count). The van der Waals surface area contributed by atoms with Gasteiger partial charge in [-0.05, 0) is 0 Å². The van der Waals surface area contributed by atoms with Gasteiger partial charge in [0, 0.05) is 6.42 Å². The minimum atomic E-state index is -1.87. The summed E-state index contributed by atoms with van der Waals surface area (Å²) in [5.41, 5.74) is -2.07. The Hall–Kier alpha value is -0.744. The summed E-state index contributed by atoms with van der Waals surface area (Å²) in [6.07, 6.45) is -1.35. The first-order valence-corrected chi connectivity index (χ1v) is 4.50. The third-order valence-electron chi connectivity index (χ3n) is 2.12. The summed E-state index contributed by atoms with van der Waals surface area (Å²) in [5.74, 6) is 0.485. The molecule has 2 heterocycles. The van der Waals surface area contributed by atoms with E-state index in [1.54, 1.807) is 6.92 Å². The minimum Gasteiger partial charge on any atom is -0.529 e. The van der Waals surface area contributed by atoms with Crippen LogP contribution < -0.4 is 67.7 Å². The number of nitrogens with zero attached hydrogens (tertiary/aromatic N) is 2. The van der Waals surface area contributed by atoms with Crippen LogP contribution in [0.4, 0.5) is 4.79 Å². The maximum absolute atomic E-state index is 11.6. The van der Waals surface area contributed by atoms with Crippen molar-refractivity contribution in [3.8, 4) is 0 Å². The fraction of sp³-hybridized carbons (Fsp3) is 0.250. The number of fused-ring (bicyclic) bond motifs is 1. The minimum absolute atomic E-state index is 0. The number of carboxylic acid groups (broad SMARTS) is 1. The molecule has 0 fully saturated rings. The van der Waals surface area contributed by atoms with Crippen molar-refractivity contribution in [1.82, 2.24) is 19.5 Å². The van der Waals surface area contributed by atoms with Gasteiger partial charge in [0.25, 0.3) is 5.56 Å². The second kappa shape index (κ2) is 5.27. The van der Waals surface area contributed by atoms with Crippen LogP contribution in [-0.2, 0) is 6.42 Å². The Morgan fingerprint density at radius 2 is 2.06 bits per heavy atom. The van der Waals surface area contributed by atoms with Gasteiger partial charge in [0.1, 0.15) is 11.3 Å². The molecule has 2 aromatic heterocycles. The van der Waals surface area contributed by atoms with Gasteiger partial charge in [0.05, 0.1) is 0 Å². The van der Waals surface area contributed by atoms with Gasteiger partial charge < -0.3 is 14.9 Å². The number of hydrogen-bond acceptors (Lipinski definition) is 5. The number of rotatable bonds is 1. The van der Waals surface area contributed by atoms with E-state index in [4.69, 9.17) is 0 Å². The van der Waals surface area contributed by atoms with Crippen molar-refractivity contribution in [3.63, 3.8) is 0 Å². The molecule has 2 aromatic rings. The van der Waals surface area contributed by atoms with E-state index in [2.05, 4.69) is 15.0 Å². The Labute approximate surface area is 136 Å². The summed E-state index contributed by atoms with van der Waals surface area (Å²) in [6.45, 7) is 1.80. The molecule has 0 aliphatic carbocycles. The third-order valence-corrected chi connectivity index (χ3v) is 2.12. The molecule has 0 spiro atoms. The second-order valence-corrected chi connectivity index (χ2v) is 3.10. The predicted octanol–water partition coefficient (Wildman–Crippen LogP) is -4.83. The Morgan fingerprint density at radius 3 is 2.59 bits per heavy atom. The standard InChI is InChI=1S/C8H8N4O4.K/c1-2-3-9-4-5(10-3)11-7(14)12(6(4)13)8(15)16;/h2H2,1H3,(H,9,10)(H,11,14)(H,15,16);/q;+1/p-1. The number of carbonyl (C=O) groups is 1. The van der Waals surface area contributed by atoms with Crippen LogP contribution in [0.2, 0.25) is 0 Å². The van der Waals surface area contributed by atoms with E-state index in [1.165, 1.54) is 0 Å². The molecule has 2 N–H and O–H groups in total. The molecule has 0 bridgehead atoms. The number of imidazole rings is 1. The van der Waals surface area contributed by atoms with Gasteiger partial charge in [-0.15, -0.1) is 0 Å². The molecule has 0 aliphatic heterocycles. The first kappa shape index (κ1) is 14.3. The van der Waals surface area contributed by atoms with Crippen LogP contribution in [-0.4, -0.2) is 25.6 Å². The molecule has 0 radical (unpaired) electrons. The van der Waals surface area contributed by atoms with Crippen molar-refractivity contribution in [1.29, 1.82) is 0 Å². The molecule has 0 aliphatic rings. The molecule has 0 atom stereocenters. The van der Waals surface area contributed by atoms with Gasteiger partial charge in [0.2, 0.25) is 0 Å². The first-order valence-electron chi connectivity index (χ1n) is 4.50. The zero-order valence-electron chi connectivity index (χ0n) is 9.23. The van der Waals surface area contributed by atoms with Crippen molar-refractivity contribution < 1.29 is 61.3 Å². The number of nitrogens with one attached hydrogen (secondary N) is 2. The molecule has 8 nitrogen and oxygen atoms in total. The Bertz CT molecular complexity index is 683. The van der Waals surface area contributed by atoms with Gasteiger partial charge in [0.15, 0.2) is 11.7 Å². The van der Waals surface area contributed by atoms with Gasteiger partial charge in [-0.25, -0.2) is 14.3 Å². The molecule has 0 saturated heterocycles. The Morgan fingerprint density at radius 1 is 1.41 bits per heavy atom. The molecule has 0 unspecified atom stereocenters. The number of H-pyrrole nitrogens is 2. The van der Waals surface area contributed by atoms with E-state index in [0.29, 0.717) is 12.2 Å². The van der Waals surface area contributed by atoms with Crippen LogP contribution in [0.1, 0.15) is 12.7 Å². The molecule has 0 aromatic carbocycles. The fourth-order valence-corrected chi connectivity index (χ4v) is 1.36. The number of aryl methyl sites for hydroxylation is 1. The SMILES string of the molecule is CCc1nc2[nH]c(=O)n(C(=O)[O-])c(=O)c2[nH]1.[K+]. The topological polar surface area (TPSA) is 124 Å². The Kier molecular flexibility index (Phi) is 4.44. The first-order chi connectivity index (χ1) is 7.54. The molecule has 0 saturated carbocycles. The maximum atomic E-state index is 11.6. The summed E-state index contributed by atoms with van der Waals surface area (Å²) in [6, 6.07) is 0. The largest absolute Gasteiger partial charge is 1.00 e. The molecular weight excluding hydrogens is 255 g/mol. The zero-order chi connectivity index (χ0) is 11.9. The van der Waals surface area contributed by atoms with Gasteiger partial charge in [-0.2, -0.15) is 0 Å². The zero-order valence-corrected chi connectivity index (χ0v) is 12.4. The monoisotopic (exact) mass is 262 g/mol. The van der Waals surface area contributed by atoms with Crippen molar-refractivity contribution >= 4 is 17.3 Å². The summed E-state index contributed by atoms with van der Waals surface area (Å²) < 4.78 is -0.0139. The van der Waals surface area contributed by atoms with E-state index in [9.17, 15) is 19.5 Å². The summed E-state index contributed by atoms with van der Waals surface area (Å²) in [5, 5.41) is 10.6. The fourth-order valence-electron chi connectivity index (χ4n) is 1.36. The van der Waals surface area contributed by atoms with E-state index < -0.39 is 17.3 Å². The van der Waals surface area contributed by atoms with Gasteiger partial charge in [-0.1, -0.05) is 6.92 Å². The van der Waals surface area contributed by atoms with Gasteiger partial charge in [-0.3, -0.25) is 9.78 Å². The van der Waals surface area contributed by atoms with E-state index in [0.717, 1.165) is 0 Å². The molecule has 84 valence electrons.